The van der Waals surface area contributed by atoms with Crippen molar-refractivity contribution in [3.05, 3.63) is 53.6 Å². The predicted octanol–water partition coefficient (Wildman–Crippen LogP) is 2.58. The molecule has 2 aromatic carbocycles. The molecule has 1 N–H and O–H groups in total. The Kier molecular flexibility index (Phi) is 5.90. The summed E-state index contributed by atoms with van der Waals surface area (Å²) in [6.07, 6.45) is 2.96. The Bertz CT molecular complexity index is 1040. The molecule has 156 valence electrons. The molecule has 0 radical (unpaired) electrons. The Morgan fingerprint density at radius 2 is 1.52 bits per heavy atom. The van der Waals surface area contributed by atoms with Gasteiger partial charge in [-0.3, -0.25) is 0 Å². The molecular weight excluding hydrogens is 396 g/mol. The van der Waals surface area contributed by atoms with Crippen LogP contribution in [-0.4, -0.2) is 47.5 Å². The molecule has 8 nitrogen and oxygen atoms in total. The van der Waals surface area contributed by atoms with Crippen LogP contribution >= 0.6 is 0 Å². The van der Waals surface area contributed by atoms with Crippen molar-refractivity contribution in [3.8, 4) is 23.0 Å². The van der Waals surface area contributed by atoms with Crippen molar-refractivity contribution < 1.29 is 27.4 Å². The Balaban J connectivity index is 2.11. The summed E-state index contributed by atoms with van der Waals surface area (Å²) in [6, 6.07) is 10.0. The fraction of sp³-hybridized carbons (Fsp3) is 0.300. The van der Waals surface area contributed by atoms with Gasteiger partial charge in [0.25, 0.3) is 0 Å². The van der Waals surface area contributed by atoms with E-state index < -0.39 is 16.1 Å². The quantitative estimate of drug-likeness (QED) is 0.737. The van der Waals surface area contributed by atoms with Gasteiger partial charge in [0.1, 0.15) is 11.5 Å². The average Bonchev–Trinajstić information content (AvgIpc) is 3.18. The molecule has 0 aromatic heterocycles. The van der Waals surface area contributed by atoms with E-state index in [4.69, 9.17) is 18.9 Å². The van der Waals surface area contributed by atoms with Crippen LogP contribution in [0.15, 0.2) is 42.5 Å². The molecule has 0 aliphatic carbocycles. The van der Waals surface area contributed by atoms with Gasteiger partial charge >= 0.3 is 0 Å². The van der Waals surface area contributed by atoms with Crippen LogP contribution in [-0.2, 0) is 10.0 Å². The maximum atomic E-state index is 12.5. The Labute approximate surface area is 170 Å². The standard InChI is InChI=1S/C20H24N2O6S/c1-25-14-7-9-18(26-2)15(11-14)17-12-16(21-22(17)29(5,23)24)13-6-8-19(27-3)20(10-13)28-4/h6-12,17,21H,1-5H3/t17-/m1/s1. The minimum absolute atomic E-state index is 0.543. The van der Waals surface area contributed by atoms with Crippen LogP contribution in [0.2, 0.25) is 0 Å². The third-order valence-electron chi connectivity index (χ3n) is 4.62. The molecule has 0 fully saturated rings. The van der Waals surface area contributed by atoms with Crippen LogP contribution in [0.5, 0.6) is 23.0 Å². The van der Waals surface area contributed by atoms with Crippen molar-refractivity contribution >= 4 is 15.7 Å². The number of hydrazine groups is 1. The third kappa shape index (κ3) is 4.10. The van der Waals surface area contributed by atoms with Crippen LogP contribution in [0.25, 0.3) is 5.70 Å². The molecule has 0 bridgehead atoms. The smallest absolute Gasteiger partial charge is 0.228 e. The van der Waals surface area contributed by atoms with E-state index in [9.17, 15) is 8.42 Å². The van der Waals surface area contributed by atoms with Gasteiger partial charge in [0.2, 0.25) is 10.0 Å². The van der Waals surface area contributed by atoms with E-state index in [-0.39, 0.29) is 0 Å². The van der Waals surface area contributed by atoms with Crippen molar-refractivity contribution in [2.45, 2.75) is 6.04 Å². The maximum Gasteiger partial charge on any atom is 0.228 e. The molecule has 0 spiro atoms. The first-order chi connectivity index (χ1) is 13.8. The van der Waals surface area contributed by atoms with Gasteiger partial charge in [-0.15, -0.1) is 4.41 Å². The van der Waals surface area contributed by atoms with Crippen LogP contribution < -0.4 is 24.4 Å². The first kappa shape index (κ1) is 20.8. The first-order valence-electron chi connectivity index (χ1n) is 8.74. The Morgan fingerprint density at radius 1 is 0.862 bits per heavy atom. The van der Waals surface area contributed by atoms with Crippen molar-refractivity contribution in [2.24, 2.45) is 0 Å². The number of benzene rings is 2. The molecule has 0 saturated carbocycles. The van der Waals surface area contributed by atoms with Gasteiger partial charge in [-0.2, -0.15) is 0 Å². The number of nitrogens with zero attached hydrogens (tertiary/aromatic N) is 1. The number of ether oxygens (including phenoxy) is 4. The van der Waals surface area contributed by atoms with Crippen molar-refractivity contribution in [3.63, 3.8) is 0 Å². The van der Waals surface area contributed by atoms with Gasteiger partial charge in [0, 0.05) is 11.1 Å². The highest BCUT2D eigenvalue weighted by molar-refractivity contribution is 7.88. The fourth-order valence-electron chi connectivity index (χ4n) is 3.19. The molecule has 29 heavy (non-hydrogen) atoms. The molecule has 9 heteroatoms. The number of nitrogens with one attached hydrogen (secondary N) is 1. The van der Waals surface area contributed by atoms with Gasteiger partial charge in [0.15, 0.2) is 11.5 Å². The molecular formula is C20H24N2O6S. The van der Waals surface area contributed by atoms with E-state index >= 15 is 0 Å². The molecule has 0 unspecified atom stereocenters. The van der Waals surface area contributed by atoms with Crippen molar-refractivity contribution in [1.29, 1.82) is 0 Å². The fourth-order valence-corrected chi connectivity index (χ4v) is 4.04. The Hall–Kier alpha value is -2.91. The summed E-state index contributed by atoms with van der Waals surface area (Å²) in [4.78, 5) is 0. The summed E-state index contributed by atoms with van der Waals surface area (Å²) in [6.45, 7) is 0. The lowest BCUT2D eigenvalue weighted by molar-refractivity contribution is 0.335. The summed E-state index contributed by atoms with van der Waals surface area (Å²) >= 11 is 0. The van der Waals surface area contributed by atoms with Crippen molar-refractivity contribution in [2.75, 3.05) is 34.7 Å². The van der Waals surface area contributed by atoms with Gasteiger partial charge in [-0.05, 0) is 42.5 Å². The summed E-state index contributed by atoms with van der Waals surface area (Å²) in [7, 11) is 2.60. The molecule has 2 aromatic rings. The highest BCUT2D eigenvalue weighted by atomic mass is 32.2. The van der Waals surface area contributed by atoms with Crippen LogP contribution in [0.3, 0.4) is 0 Å². The summed E-state index contributed by atoms with van der Waals surface area (Å²) in [5.74, 6) is 2.28. The van der Waals surface area contributed by atoms with E-state index in [2.05, 4.69) is 5.43 Å². The molecule has 1 aliphatic heterocycles. The van der Waals surface area contributed by atoms with E-state index in [1.165, 1.54) is 11.5 Å². The van der Waals surface area contributed by atoms with Gasteiger partial charge in [0.05, 0.1) is 46.4 Å². The third-order valence-corrected chi connectivity index (χ3v) is 5.65. The zero-order valence-corrected chi connectivity index (χ0v) is 17.7. The SMILES string of the molecule is COc1ccc(OC)c([C@H]2C=C(c3ccc(OC)c(OC)c3)NN2S(C)(=O)=O)c1. The highest BCUT2D eigenvalue weighted by Gasteiger charge is 2.35. The van der Waals surface area contributed by atoms with Crippen molar-refractivity contribution in [1.82, 2.24) is 9.84 Å². The van der Waals surface area contributed by atoms with Gasteiger partial charge in [-0.1, -0.05) is 0 Å². The second-order valence-electron chi connectivity index (χ2n) is 6.37. The van der Waals surface area contributed by atoms with Gasteiger partial charge in [-0.25, -0.2) is 8.42 Å². The molecule has 0 amide bonds. The summed E-state index contributed by atoms with van der Waals surface area (Å²) < 4.78 is 47.6. The zero-order chi connectivity index (χ0) is 21.2. The zero-order valence-electron chi connectivity index (χ0n) is 16.9. The number of hydrogen-bond donors (Lipinski definition) is 1. The minimum Gasteiger partial charge on any atom is -0.497 e. The molecule has 1 atom stereocenters. The normalized spacial score (nSPS) is 16.7. The van der Waals surface area contributed by atoms with Gasteiger partial charge < -0.3 is 24.4 Å². The Morgan fingerprint density at radius 3 is 2.10 bits per heavy atom. The largest absolute Gasteiger partial charge is 0.497 e. The number of rotatable bonds is 7. The lowest BCUT2D eigenvalue weighted by atomic mass is 10.0. The molecule has 1 heterocycles. The summed E-state index contributed by atoms with van der Waals surface area (Å²) in [5, 5.41) is 0. The maximum absolute atomic E-state index is 12.5. The second-order valence-corrected chi connectivity index (χ2v) is 8.23. The highest BCUT2D eigenvalue weighted by Crippen LogP contribution is 2.40. The van der Waals surface area contributed by atoms with Crippen LogP contribution in [0, 0.1) is 0 Å². The lowest BCUT2D eigenvalue weighted by Gasteiger charge is -2.24. The number of hydrogen-bond acceptors (Lipinski definition) is 7. The number of methoxy groups -OCH3 is 4. The monoisotopic (exact) mass is 420 g/mol. The second kappa shape index (κ2) is 8.22. The molecule has 3 rings (SSSR count). The van der Waals surface area contributed by atoms with Crippen LogP contribution in [0.4, 0.5) is 0 Å². The minimum atomic E-state index is -3.60. The van der Waals surface area contributed by atoms with E-state index in [0.29, 0.717) is 34.3 Å². The summed E-state index contributed by atoms with van der Waals surface area (Å²) in [5.41, 5.74) is 5.01. The predicted molar refractivity (Wildman–Crippen MR) is 110 cm³/mol. The average molecular weight is 420 g/mol. The first-order valence-corrected chi connectivity index (χ1v) is 10.6. The molecule has 1 aliphatic rings. The van der Waals surface area contributed by atoms with E-state index in [0.717, 1.165) is 11.8 Å². The molecule has 0 saturated heterocycles. The van der Waals surface area contributed by atoms with E-state index in [1.54, 1.807) is 51.7 Å². The topological polar surface area (TPSA) is 86.3 Å². The lowest BCUT2D eigenvalue weighted by Crippen LogP contribution is -2.38. The number of sulfonamides is 1. The van der Waals surface area contributed by atoms with Crippen LogP contribution in [0.1, 0.15) is 17.2 Å². The van der Waals surface area contributed by atoms with E-state index in [1.807, 2.05) is 12.1 Å².